The van der Waals surface area contributed by atoms with Crippen molar-refractivity contribution >= 4 is 17.5 Å². The van der Waals surface area contributed by atoms with Crippen molar-refractivity contribution in [2.75, 3.05) is 18.0 Å². The molecule has 1 aromatic heterocycles. The molecule has 1 saturated heterocycles. The third-order valence-electron chi connectivity index (χ3n) is 4.26. The summed E-state index contributed by atoms with van der Waals surface area (Å²) < 4.78 is 7.81. The van der Waals surface area contributed by atoms with Gasteiger partial charge in [0.15, 0.2) is 0 Å². The first-order chi connectivity index (χ1) is 12.2. The van der Waals surface area contributed by atoms with Crippen LogP contribution in [0.3, 0.4) is 0 Å². The summed E-state index contributed by atoms with van der Waals surface area (Å²) in [5, 5.41) is 12.9. The molecule has 0 aliphatic carbocycles. The van der Waals surface area contributed by atoms with E-state index in [1.165, 1.54) is 5.56 Å². The normalized spacial score (nSPS) is 17.0. The topological polar surface area (TPSA) is 56.1 Å². The van der Waals surface area contributed by atoms with Gasteiger partial charge in [-0.2, -0.15) is 4.68 Å². The zero-order chi connectivity index (χ0) is 17.2. The van der Waals surface area contributed by atoms with Crippen molar-refractivity contribution in [3.63, 3.8) is 0 Å². The van der Waals surface area contributed by atoms with E-state index in [1.807, 2.05) is 36.4 Å². The van der Waals surface area contributed by atoms with E-state index in [1.54, 1.807) is 4.68 Å². The zero-order valence-electron chi connectivity index (χ0n) is 13.8. The highest BCUT2D eigenvalue weighted by molar-refractivity contribution is 6.30. The molecule has 3 aromatic rings. The molecule has 128 valence electrons. The number of benzene rings is 2. The molecule has 2 aromatic carbocycles. The Kier molecular flexibility index (Phi) is 4.28. The van der Waals surface area contributed by atoms with Gasteiger partial charge < -0.3 is 9.64 Å². The smallest absolute Gasteiger partial charge is 0.250 e. The molecule has 0 N–H and O–H groups in total. The second kappa shape index (κ2) is 6.72. The van der Waals surface area contributed by atoms with Gasteiger partial charge in [0, 0.05) is 18.0 Å². The Labute approximate surface area is 151 Å². The van der Waals surface area contributed by atoms with Gasteiger partial charge in [-0.05, 0) is 47.7 Å². The fourth-order valence-electron chi connectivity index (χ4n) is 2.97. The van der Waals surface area contributed by atoms with Gasteiger partial charge in [-0.25, -0.2) is 0 Å². The van der Waals surface area contributed by atoms with Gasteiger partial charge in [0.1, 0.15) is 11.9 Å². The minimum atomic E-state index is 0.0848. The van der Waals surface area contributed by atoms with Crippen LogP contribution >= 0.6 is 11.6 Å². The number of anilines is 1. The third-order valence-corrected chi connectivity index (χ3v) is 4.49. The van der Waals surface area contributed by atoms with Gasteiger partial charge in [0.2, 0.25) is 5.95 Å². The number of ether oxygens (including phenoxy) is 1. The molecule has 1 unspecified atom stereocenters. The van der Waals surface area contributed by atoms with Crippen LogP contribution in [0.1, 0.15) is 12.0 Å². The monoisotopic (exact) mass is 355 g/mol. The van der Waals surface area contributed by atoms with E-state index in [4.69, 9.17) is 16.3 Å². The Hall–Kier alpha value is -2.60. The fourth-order valence-corrected chi connectivity index (χ4v) is 3.15. The lowest BCUT2D eigenvalue weighted by Gasteiger charge is -2.18. The van der Waals surface area contributed by atoms with Crippen molar-refractivity contribution in [1.29, 1.82) is 0 Å². The highest BCUT2D eigenvalue weighted by Crippen LogP contribution is 2.25. The lowest BCUT2D eigenvalue weighted by molar-refractivity contribution is 0.225. The van der Waals surface area contributed by atoms with Crippen LogP contribution in [0.25, 0.3) is 5.69 Å². The number of halogens is 1. The van der Waals surface area contributed by atoms with E-state index in [2.05, 4.69) is 39.5 Å². The summed E-state index contributed by atoms with van der Waals surface area (Å²) in [7, 11) is 0. The van der Waals surface area contributed by atoms with E-state index in [0.29, 0.717) is 5.02 Å². The van der Waals surface area contributed by atoms with Crippen molar-refractivity contribution in [2.45, 2.75) is 19.4 Å². The van der Waals surface area contributed by atoms with E-state index in [0.717, 1.165) is 36.9 Å². The summed E-state index contributed by atoms with van der Waals surface area (Å²) in [5.74, 6) is 1.53. The molecule has 1 aliphatic rings. The van der Waals surface area contributed by atoms with Gasteiger partial charge in [-0.3, -0.25) is 0 Å². The molecule has 1 atom stereocenters. The summed E-state index contributed by atoms with van der Waals surface area (Å²) >= 11 is 6.02. The van der Waals surface area contributed by atoms with E-state index < -0.39 is 0 Å². The van der Waals surface area contributed by atoms with Gasteiger partial charge in [0.25, 0.3) is 0 Å². The minimum absolute atomic E-state index is 0.0848. The number of hydrogen-bond acceptors (Lipinski definition) is 5. The van der Waals surface area contributed by atoms with Crippen molar-refractivity contribution in [2.24, 2.45) is 0 Å². The number of hydrogen-bond donors (Lipinski definition) is 0. The molecule has 2 heterocycles. The largest absolute Gasteiger partial charge is 0.488 e. The first kappa shape index (κ1) is 15.9. The molecule has 0 saturated carbocycles. The van der Waals surface area contributed by atoms with Gasteiger partial charge in [-0.15, -0.1) is 0 Å². The first-order valence-corrected chi connectivity index (χ1v) is 8.59. The zero-order valence-corrected chi connectivity index (χ0v) is 14.6. The average molecular weight is 356 g/mol. The third kappa shape index (κ3) is 3.44. The highest BCUT2D eigenvalue weighted by atomic mass is 35.5. The Morgan fingerprint density at radius 2 is 2.00 bits per heavy atom. The molecule has 7 heteroatoms. The molecule has 1 fully saturated rings. The number of aromatic nitrogens is 4. The van der Waals surface area contributed by atoms with E-state index in [9.17, 15) is 0 Å². The fraction of sp³-hybridized carbons (Fsp3) is 0.278. The molecule has 0 bridgehead atoms. The first-order valence-electron chi connectivity index (χ1n) is 8.21. The Balaban J connectivity index is 1.49. The van der Waals surface area contributed by atoms with Gasteiger partial charge in [0.05, 0.1) is 12.2 Å². The SMILES string of the molecule is Cc1ccc(-n2nnnc2N2CCC(Oc3cccc(Cl)c3)C2)cc1. The quantitative estimate of drug-likeness (QED) is 0.718. The van der Waals surface area contributed by atoms with Crippen LogP contribution in [0.5, 0.6) is 5.75 Å². The number of tetrazole rings is 1. The summed E-state index contributed by atoms with van der Waals surface area (Å²) in [6, 6.07) is 15.6. The molecule has 4 rings (SSSR count). The minimum Gasteiger partial charge on any atom is -0.488 e. The van der Waals surface area contributed by atoms with Crippen molar-refractivity contribution < 1.29 is 4.74 Å². The van der Waals surface area contributed by atoms with Gasteiger partial charge in [-0.1, -0.05) is 40.5 Å². The maximum absolute atomic E-state index is 6.04. The molecular weight excluding hydrogens is 338 g/mol. The standard InChI is InChI=1S/C18H18ClN5O/c1-13-5-7-15(8-6-13)24-18(20-21-22-24)23-10-9-17(12-23)25-16-4-2-3-14(19)11-16/h2-8,11,17H,9-10,12H2,1H3. The van der Waals surface area contributed by atoms with Crippen LogP contribution in [-0.4, -0.2) is 39.4 Å². The molecular formula is C18H18ClN5O. The van der Waals surface area contributed by atoms with Crippen LogP contribution in [-0.2, 0) is 0 Å². The number of rotatable bonds is 4. The average Bonchev–Trinajstić information content (AvgIpc) is 3.24. The van der Waals surface area contributed by atoms with Crippen LogP contribution in [0.15, 0.2) is 48.5 Å². The molecule has 6 nitrogen and oxygen atoms in total. The van der Waals surface area contributed by atoms with Crippen LogP contribution in [0.4, 0.5) is 5.95 Å². The van der Waals surface area contributed by atoms with Crippen LogP contribution in [0, 0.1) is 6.92 Å². The lowest BCUT2D eigenvalue weighted by atomic mass is 10.2. The molecule has 0 radical (unpaired) electrons. The molecule has 0 spiro atoms. The second-order valence-corrected chi connectivity index (χ2v) is 6.59. The van der Waals surface area contributed by atoms with E-state index >= 15 is 0 Å². The van der Waals surface area contributed by atoms with Crippen molar-refractivity contribution in [3.8, 4) is 11.4 Å². The molecule has 1 aliphatic heterocycles. The molecule has 0 amide bonds. The maximum Gasteiger partial charge on any atom is 0.250 e. The predicted octanol–water partition coefficient (Wildman–Crippen LogP) is 3.28. The molecule has 25 heavy (non-hydrogen) atoms. The predicted molar refractivity (Wildman–Crippen MR) is 96.6 cm³/mol. The van der Waals surface area contributed by atoms with E-state index in [-0.39, 0.29) is 6.10 Å². The summed E-state index contributed by atoms with van der Waals surface area (Å²) in [5.41, 5.74) is 2.15. The highest BCUT2D eigenvalue weighted by Gasteiger charge is 2.28. The maximum atomic E-state index is 6.04. The van der Waals surface area contributed by atoms with Crippen LogP contribution in [0.2, 0.25) is 5.02 Å². The summed E-state index contributed by atoms with van der Waals surface area (Å²) in [4.78, 5) is 2.15. The summed E-state index contributed by atoms with van der Waals surface area (Å²) in [6.07, 6.45) is 0.995. The summed E-state index contributed by atoms with van der Waals surface area (Å²) in [6.45, 7) is 3.64. The van der Waals surface area contributed by atoms with Crippen molar-refractivity contribution in [3.05, 3.63) is 59.1 Å². The number of aryl methyl sites for hydroxylation is 1. The van der Waals surface area contributed by atoms with Crippen molar-refractivity contribution in [1.82, 2.24) is 20.2 Å². The second-order valence-electron chi connectivity index (χ2n) is 6.16. The Morgan fingerprint density at radius 3 is 2.80 bits per heavy atom. The van der Waals surface area contributed by atoms with Gasteiger partial charge >= 0.3 is 0 Å². The number of nitrogens with zero attached hydrogens (tertiary/aromatic N) is 5. The van der Waals surface area contributed by atoms with Crippen LogP contribution < -0.4 is 9.64 Å². The Bertz CT molecular complexity index is 864. The lowest BCUT2D eigenvalue weighted by Crippen LogP contribution is -2.27. The Morgan fingerprint density at radius 1 is 1.16 bits per heavy atom.